The second kappa shape index (κ2) is 6.52. The number of aromatic amines is 2. The molecule has 16 heavy (non-hydrogen) atoms. The molecule has 0 saturated carbocycles. The van der Waals surface area contributed by atoms with Gasteiger partial charge in [-0.25, -0.2) is 8.60 Å². The van der Waals surface area contributed by atoms with E-state index in [1.807, 2.05) is 0 Å². The lowest BCUT2D eigenvalue weighted by Crippen LogP contribution is -2.04. The van der Waals surface area contributed by atoms with Gasteiger partial charge in [0.2, 0.25) is 0 Å². The fraction of sp³-hybridized carbons (Fsp3) is 0. The molecule has 2 N–H and O–H groups in total. The van der Waals surface area contributed by atoms with Crippen molar-refractivity contribution in [3.05, 3.63) is 63.3 Å². The van der Waals surface area contributed by atoms with Gasteiger partial charge >= 0.3 is 0 Å². The molecule has 6 heteroatoms. The predicted octanol–water partition coefficient (Wildman–Crippen LogP) is 1.27. The highest BCUT2D eigenvalue weighted by Gasteiger charge is 1.77. The Kier molecular flexibility index (Phi) is 4.94. The molecule has 0 aliphatic carbocycles. The Labute approximate surface area is 93.8 Å². The summed E-state index contributed by atoms with van der Waals surface area (Å²) in [6.45, 7) is 0. The Bertz CT molecular complexity index is 550. The zero-order valence-electron chi connectivity index (χ0n) is 8.14. The van der Waals surface area contributed by atoms with Crippen LogP contribution in [0.3, 0.4) is 0 Å². The van der Waals surface area contributed by atoms with Crippen LogP contribution in [0.4, 0.5) is 4.39 Å². The summed E-state index contributed by atoms with van der Waals surface area (Å²) in [5.41, 5.74) is -0.243. The first kappa shape index (κ1) is 12.1. The number of hydrogen-bond acceptors (Lipinski definition) is 2. The van der Waals surface area contributed by atoms with Crippen LogP contribution in [0.2, 0.25) is 0 Å². The van der Waals surface area contributed by atoms with Crippen molar-refractivity contribution < 1.29 is 8.60 Å². The van der Waals surface area contributed by atoms with E-state index in [0.29, 0.717) is 15.9 Å². The molecule has 1 heterocycles. The van der Waals surface area contributed by atoms with Crippen LogP contribution >= 0.6 is 0 Å². The summed E-state index contributed by atoms with van der Waals surface area (Å²) < 4.78 is 22.3. The Morgan fingerprint density at radius 2 is 1.69 bits per heavy atom. The molecule has 0 fully saturated rings. The highest BCUT2D eigenvalue weighted by atomic mass is 32.1. The Hall–Kier alpha value is -1.95. The summed E-state index contributed by atoms with van der Waals surface area (Å²) in [6.07, 6.45) is 0. The number of H-pyrrole nitrogens is 2. The van der Waals surface area contributed by atoms with Crippen LogP contribution in [-0.2, 0) is 11.3 Å². The molecule has 2 rings (SSSR count). The molecule has 84 valence electrons. The van der Waals surface area contributed by atoms with Gasteiger partial charge in [-0.1, -0.05) is 18.2 Å². The van der Waals surface area contributed by atoms with E-state index in [9.17, 15) is 13.4 Å². The summed E-state index contributed by atoms with van der Waals surface area (Å²) in [7, 11) is 0. The molecule has 0 atom stereocenters. The molecule has 0 aliphatic rings. The van der Waals surface area contributed by atoms with Crippen molar-refractivity contribution >= 4 is 11.3 Å². The maximum Gasteiger partial charge on any atom is 0.262 e. The Morgan fingerprint density at radius 3 is 2.06 bits per heavy atom. The molecule has 4 nitrogen and oxygen atoms in total. The van der Waals surface area contributed by atoms with Gasteiger partial charge in [-0.15, -0.1) is 0 Å². The topological polar surface area (TPSA) is 65.7 Å². The number of halogens is 1. The normalized spacial score (nSPS) is 8.81. The van der Waals surface area contributed by atoms with E-state index in [2.05, 4.69) is 10.2 Å². The molecule has 0 bridgehead atoms. The molecular formula is C10H9FN2O2S. The maximum absolute atomic E-state index is 11.9. The molecule has 1 aromatic carbocycles. The van der Waals surface area contributed by atoms with Crippen molar-refractivity contribution in [1.82, 2.24) is 10.2 Å². The van der Waals surface area contributed by atoms with Crippen molar-refractivity contribution in [2.75, 3.05) is 0 Å². The first-order valence-corrected chi connectivity index (χ1v) is 5.08. The minimum absolute atomic E-state index is 0.178. The average molecular weight is 240 g/mol. The summed E-state index contributed by atoms with van der Waals surface area (Å²) in [6, 6.07) is 10.7. The van der Waals surface area contributed by atoms with Gasteiger partial charge in [0.05, 0.1) is 0 Å². The van der Waals surface area contributed by atoms with E-state index < -0.39 is 0 Å². The third kappa shape index (κ3) is 4.52. The van der Waals surface area contributed by atoms with Gasteiger partial charge in [0, 0.05) is 6.07 Å². The summed E-state index contributed by atoms with van der Waals surface area (Å²) in [5.74, 6) is -0.178. The number of benzene rings is 1. The van der Waals surface area contributed by atoms with Crippen LogP contribution in [0.25, 0.3) is 0 Å². The highest BCUT2D eigenvalue weighted by Crippen LogP contribution is 1.91. The number of aromatic nitrogens is 2. The molecule has 1 aromatic heterocycles. The van der Waals surface area contributed by atoms with Crippen molar-refractivity contribution in [3.63, 3.8) is 0 Å². The first-order valence-electron chi connectivity index (χ1n) is 4.34. The van der Waals surface area contributed by atoms with Crippen LogP contribution in [0.5, 0.6) is 0 Å². The third-order valence-electron chi connectivity index (χ3n) is 1.52. The highest BCUT2D eigenvalue weighted by molar-refractivity contribution is 7.56. The van der Waals surface area contributed by atoms with Crippen LogP contribution in [0, 0.1) is 10.5 Å². The van der Waals surface area contributed by atoms with E-state index in [1.54, 1.807) is 18.2 Å². The monoisotopic (exact) mass is 240 g/mol. The van der Waals surface area contributed by atoms with Gasteiger partial charge in [-0.2, -0.15) is 0 Å². The third-order valence-corrected chi connectivity index (χ3v) is 1.94. The number of rotatable bonds is 0. The zero-order chi connectivity index (χ0) is 11.8. The van der Waals surface area contributed by atoms with Crippen LogP contribution in [-0.4, -0.2) is 14.4 Å². The number of hydrogen-bond donors (Lipinski definition) is 2. The van der Waals surface area contributed by atoms with Gasteiger partial charge in [-0.3, -0.25) is 15.0 Å². The second-order valence-corrected chi connectivity index (χ2v) is 3.30. The smallest absolute Gasteiger partial charge is 0.262 e. The minimum atomic E-state index is -0.243. The molecule has 0 spiro atoms. The van der Waals surface area contributed by atoms with Crippen LogP contribution in [0.15, 0.2) is 47.3 Å². The Balaban J connectivity index is 0.000000165. The lowest BCUT2D eigenvalue weighted by Gasteiger charge is -1.78. The van der Waals surface area contributed by atoms with E-state index >= 15 is 0 Å². The largest absolute Gasteiger partial charge is 0.286 e. The van der Waals surface area contributed by atoms with Gasteiger partial charge < -0.3 is 0 Å². The van der Waals surface area contributed by atoms with Crippen molar-refractivity contribution in [3.8, 4) is 0 Å². The van der Waals surface area contributed by atoms with E-state index in [4.69, 9.17) is 0 Å². The SMILES string of the molecule is Fc1ccccc1.O=S=c1ccc(=O)[nH][nH]1. The van der Waals surface area contributed by atoms with Crippen LogP contribution in [0.1, 0.15) is 0 Å². The molecule has 2 aromatic rings. The summed E-state index contributed by atoms with van der Waals surface area (Å²) >= 11 is 0.302. The minimum Gasteiger partial charge on any atom is -0.286 e. The van der Waals surface area contributed by atoms with Crippen molar-refractivity contribution in [1.29, 1.82) is 0 Å². The van der Waals surface area contributed by atoms with Gasteiger partial charge in [0.25, 0.3) is 5.56 Å². The van der Waals surface area contributed by atoms with Gasteiger partial charge in [-0.05, 0) is 18.2 Å². The molecule has 0 amide bonds. The van der Waals surface area contributed by atoms with E-state index in [0.717, 1.165) is 0 Å². The fourth-order valence-electron chi connectivity index (χ4n) is 0.821. The number of nitrogens with one attached hydrogen (secondary N) is 2. The average Bonchev–Trinajstić information content (AvgIpc) is 2.32. The summed E-state index contributed by atoms with van der Waals surface area (Å²) in [5, 5.41) is 4.65. The maximum atomic E-state index is 11.9. The lowest BCUT2D eigenvalue weighted by atomic mass is 10.4. The molecule has 0 aliphatic heterocycles. The second-order valence-electron chi connectivity index (χ2n) is 2.69. The van der Waals surface area contributed by atoms with Gasteiger partial charge in [0.1, 0.15) is 21.7 Å². The zero-order valence-corrected chi connectivity index (χ0v) is 8.96. The van der Waals surface area contributed by atoms with Crippen molar-refractivity contribution in [2.45, 2.75) is 0 Å². The van der Waals surface area contributed by atoms with Crippen LogP contribution < -0.4 is 5.56 Å². The Morgan fingerprint density at radius 1 is 1.00 bits per heavy atom. The first-order chi connectivity index (χ1) is 7.72. The quantitative estimate of drug-likeness (QED) is 0.681. The van der Waals surface area contributed by atoms with E-state index in [-0.39, 0.29) is 11.4 Å². The molecule has 0 saturated heterocycles. The lowest BCUT2D eigenvalue weighted by molar-refractivity contribution is 0.628. The van der Waals surface area contributed by atoms with Crippen molar-refractivity contribution in [2.24, 2.45) is 0 Å². The molecule has 0 unspecified atom stereocenters. The van der Waals surface area contributed by atoms with Gasteiger partial charge in [0.15, 0.2) is 0 Å². The standard InChI is InChI=1S/C6H5F.C4H4N2O2S/c7-6-4-2-1-3-5-6;7-3-1-2-4(9-8)6-5-3/h1-5H;1-2,6H,(H,5,7). The molecular weight excluding hydrogens is 231 g/mol. The fourth-order valence-corrected chi connectivity index (χ4v) is 1.04. The predicted molar refractivity (Wildman–Crippen MR) is 59.2 cm³/mol. The molecule has 0 radical (unpaired) electrons. The summed E-state index contributed by atoms with van der Waals surface area (Å²) in [4.78, 5) is 10.3. The van der Waals surface area contributed by atoms with E-state index in [1.165, 1.54) is 24.3 Å².